The van der Waals surface area contributed by atoms with E-state index in [1.807, 2.05) is 18.7 Å². The summed E-state index contributed by atoms with van der Waals surface area (Å²) in [5, 5.41) is 12.7. The molecule has 0 aromatic carbocycles. The highest BCUT2D eigenvalue weighted by molar-refractivity contribution is 7.99. The van der Waals surface area contributed by atoms with Crippen LogP contribution in [0.3, 0.4) is 0 Å². The topological polar surface area (TPSA) is 49.3 Å². The van der Waals surface area contributed by atoms with Crippen LogP contribution in [0, 0.1) is 0 Å². The standard InChI is InChI=1S/C11H19NO2S/c1-8(6-11(13)14)7-12-9-4-3-5-10(9)15-2/h6,9-10,12H,3-5,7H2,1-2H3,(H,13,14). The molecule has 0 radical (unpaired) electrons. The van der Waals surface area contributed by atoms with Crippen molar-refractivity contribution in [1.82, 2.24) is 5.32 Å². The van der Waals surface area contributed by atoms with Crippen LogP contribution in [0.1, 0.15) is 26.2 Å². The summed E-state index contributed by atoms with van der Waals surface area (Å²) >= 11 is 1.91. The lowest BCUT2D eigenvalue weighted by Crippen LogP contribution is -2.35. The molecular weight excluding hydrogens is 210 g/mol. The maximum absolute atomic E-state index is 10.4. The molecule has 15 heavy (non-hydrogen) atoms. The fourth-order valence-electron chi connectivity index (χ4n) is 2.00. The Morgan fingerprint density at radius 1 is 1.60 bits per heavy atom. The number of aliphatic carboxylic acids is 1. The van der Waals surface area contributed by atoms with Crippen LogP contribution < -0.4 is 5.32 Å². The number of nitrogens with one attached hydrogen (secondary N) is 1. The predicted molar refractivity (Wildman–Crippen MR) is 64.3 cm³/mol. The zero-order chi connectivity index (χ0) is 11.3. The van der Waals surface area contributed by atoms with E-state index in [0.717, 1.165) is 5.57 Å². The van der Waals surface area contributed by atoms with E-state index in [4.69, 9.17) is 5.11 Å². The Morgan fingerprint density at radius 2 is 2.33 bits per heavy atom. The van der Waals surface area contributed by atoms with Crippen LogP contribution in [0.2, 0.25) is 0 Å². The quantitative estimate of drug-likeness (QED) is 0.707. The van der Waals surface area contributed by atoms with Crippen LogP contribution in [-0.4, -0.2) is 35.2 Å². The Hall–Kier alpha value is -0.480. The van der Waals surface area contributed by atoms with Crippen LogP contribution in [-0.2, 0) is 4.79 Å². The Labute approximate surface area is 95.3 Å². The van der Waals surface area contributed by atoms with Gasteiger partial charge >= 0.3 is 5.97 Å². The van der Waals surface area contributed by atoms with Gasteiger partial charge in [-0.15, -0.1) is 0 Å². The molecule has 0 aromatic rings. The highest BCUT2D eigenvalue weighted by Crippen LogP contribution is 2.28. The molecule has 0 amide bonds. The summed E-state index contributed by atoms with van der Waals surface area (Å²) in [6.07, 6.45) is 7.19. The highest BCUT2D eigenvalue weighted by atomic mass is 32.2. The zero-order valence-corrected chi connectivity index (χ0v) is 10.1. The van der Waals surface area contributed by atoms with Crippen LogP contribution in [0.5, 0.6) is 0 Å². The second-order valence-electron chi connectivity index (χ2n) is 4.02. The summed E-state index contributed by atoms with van der Waals surface area (Å²) in [5.74, 6) is -0.859. The van der Waals surface area contributed by atoms with Gasteiger partial charge in [0.1, 0.15) is 0 Å². The molecule has 0 saturated heterocycles. The Balaban J connectivity index is 2.33. The molecule has 0 heterocycles. The van der Waals surface area contributed by atoms with Crippen LogP contribution >= 0.6 is 11.8 Å². The highest BCUT2D eigenvalue weighted by Gasteiger charge is 2.25. The maximum atomic E-state index is 10.4. The molecule has 3 nitrogen and oxygen atoms in total. The van der Waals surface area contributed by atoms with E-state index in [1.54, 1.807) is 0 Å². The zero-order valence-electron chi connectivity index (χ0n) is 9.32. The molecule has 0 spiro atoms. The van der Waals surface area contributed by atoms with Gasteiger partial charge in [-0.05, 0) is 26.0 Å². The van der Waals surface area contributed by atoms with Crippen molar-refractivity contribution in [2.24, 2.45) is 0 Å². The molecule has 2 N–H and O–H groups in total. The van der Waals surface area contributed by atoms with Crippen molar-refractivity contribution >= 4 is 17.7 Å². The molecule has 0 bridgehead atoms. The van der Waals surface area contributed by atoms with Crippen molar-refractivity contribution in [1.29, 1.82) is 0 Å². The normalized spacial score (nSPS) is 26.9. The number of thioether (sulfide) groups is 1. The minimum absolute atomic E-state index is 0.553. The summed E-state index contributed by atoms with van der Waals surface area (Å²) in [7, 11) is 0. The number of rotatable bonds is 5. The molecule has 86 valence electrons. The SMILES string of the molecule is CSC1CCCC1NCC(C)=CC(=O)O. The van der Waals surface area contributed by atoms with Crippen molar-refractivity contribution in [3.63, 3.8) is 0 Å². The van der Waals surface area contributed by atoms with Crippen molar-refractivity contribution in [2.45, 2.75) is 37.5 Å². The van der Waals surface area contributed by atoms with Crippen LogP contribution in [0.4, 0.5) is 0 Å². The molecule has 4 heteroatoms. The van der Waals surface area contributed by atoms with Gasteiger partial charge in [-0.25, -0.2) is 4.79 Å². The van der Waals surface area contributed by atoms with Crippen molar-refractivity contribution in [3.8, 4) is 0 Å². The summed E-state index contributed by atoms with van der Waals surface area (Å²) in [6, 6.07) is 0.553. The van der Waals surface area contributed by atoms with Gasteiger partial charge in [0, 0.05) is 23.9 Å². The lowest BCUT2D eigenvalue weighted by Gasteiger charge is -2.19. The Morgan fingerprint density at radius 3 is 2.93 bits per heavy atom. The number of carboxylic acid groups (broad SMARTS) is 1. The van der Waals surface area contributed by atoms with Gasteiger partial charge in [-0.1, -0.05) is 12.0 Å². The minimum atomic E-state index is -0.859. The summed E-state index contributed by atoms with van der Waals surface area (Å²) in [6.45, 7) is 2.54. The van der Waals surface area contributed by atoms with E-state index in [-0.39, 0.29) is 0 Å². The lowest BCUT2D eigenvalue weighted by molar-refractivity contribution is -0.131. The van der Waals surface area contributed by atoms with Gasteiger partial charge in [-0.3, -0.25) is 0 Å². The molecule has 1 aliphatic rings. The summed E-state index contributed by atoms with van der Waals surface area (Å²) in [4.78, 5) is 10.4. The molecule has 1 saturated carbocycles. The predicted octanol–water partition coefficient (Wildman–Crippen LogP) is 1.89. The van der Waals surface area contributed by atoms with Gasteiger partial charge in [0.2, 0.25) is 0 Å². The summed E-state index contributed by atoms with van der Waals surface area (Å²) in [5.41, 5.74) is 0.884. The van der Waals surface area contributed by atoms with Crippen LogP contribution in [0.25, 0.3) is 0 Å². The van der Waals surface area contributed by atoms with Gasteiger partial charge in [0.15, 0.2) is 0 Å². The van der Waals surface area contributed by atoms with Gasteiger partial charge in [0.25, 0.3) is 0 Å². The van der Waals surface area contributed by atoms with E-state index >= 15 is 0 Å². The molecule has 1 fully saturated rings. The molecule has 0 aromatic heterocycles. The molecule has 2 unspecified atom stereocenters. The monoisotopic (exact) mass is 229 g/mol. The Bertz CT molecular complexity index is 253. The number of hydrogen-bond donors (Lipinski definition) is 2. The third-order valence-electron chi connectivity index (χ3n) is 2.77. The third-order valence-corrected chi connectivity index (χ3v) is 3.94. The van der Waals surface area contributed by atoms with Crippen molar-refractivity contribution in [3.05, 3.63) is 11.6 Å². The third kappa shape index (κ3) is 4.26. The summed E-state index contributed by atoms with van der Waals surface area (Å²) < 4.78 is 0. The smallest absolute Gasteiger partial charge is 0.328 e. The number of hydrogen-bond acceptors (Lipinski definition) is 3. The first kappa shape index (κ1) is 12.6. The molecule has 2 atom stereocenters. The molecule has 1 rings (SSSR count). The average molecular weight is 229 g/mol. The van der Waals surface area contributed by atoms with E-state index < -0.39 is 5.97 Å². The van der Waals surface area contributed by atoms with E-state index in [1.165, 1.54) is 25.3 Å². The number of carbonyl (C=O) groups is 1. The minimum Gasteiger partial charge on any atom is -0.478 e. The molecule has 1 aliphatic carbocycles. The van der Waals surface area contributed by atoms with Crippen molar-refractivity contribution < 1.29 is 9.90 Å². The average Bonchev–Trinajstić information content (AvgIpc) is 2.60. The lowest BCUT2D eigenvalue weighted by atomic mass is 10.2. The first-order chi connectivity index (χ1) is 7.13. The second-order valence-corrected chi connectivity index (χ2v) is 5.10. The molecular formula is C11H19NO2S. The largest absolute Gasteiger partial charge is 0.478 e. The van der Waals surface area contributed by atoms with E-state index in [0.29, 0.717) is 17.8 Å². The van der Waals surface area contributed by atoms with E-state index in [2.05, 4.69) is 11.6 Å². The van der Waals surface area contributed by atoms with Gasteiger partial charge < -0.3 is 10.4 Å². The second kappa shape index (κ2) is 6.18. The van der Waals surface area contributed by atoms with Gasteiger partial charge in [-0.2, -0.15) is 11.8 Å². The fraction of sp³-hybridized carbons (Fsp3) is 0.727. The van der Waals surface area contributed by atoms with Crippen molar-refractivity contribution in [2.75, 3.05) is 12.8 Å². The molecule has 0 aliphatic heterocycles. The maximum Gasteiger partial charge on any atom is 0.328 e. The number of carboxylic acids is 1. The van der Waals surface area contributed by atoms with Crippen LogP contribution in [0.15, 0.2) is 11.6 Å². The van der Waals surface area contributed by atoms with E-state index in [9.17, 15) is 4.79 Å². The Kier molecular flexibility index (Phi) is 5.19. The fourth-order valence-corrected chi connectivity index (χ4v) is 2.96. The first-order valence-electron chi connectivity index (χ1n) is 5.29. The van der Waals surface area contributed by atoms with Gasteiger partial charge in [0.05, 0.1) is 0 Å². The first-order valence-corrected chi connectivity index (χ1v) is 6.58.